The molecule has 0 saturated carbocycles. The summed E-state index contributed by atoms with van der Waals surface area (Å²) in [5.41, 5.74) is 5.92. The van der Waals surface area contributed by atoms with E-state index in [-0.39, 0.29) is 18.1 Å². The van der Waals surface area contributed by atoms with Gasteiger partial charge in [-0.05, 0) is 65.8 Å². The third-order valence-corrected chi connectivity index (χ3v) is 6.46. The van der Waals surface area contributed by atoms with Crippen LogP contribution in [0.3, 0.4) is 0 Å². The molecule has 3 heterocycles. The van der Waals surface area contributed by atoms with Crippen molar-refractivity contribution in [3.63, 3.8) is 0 Å². The van der Waals surface area contributed by atoms with E-state index >= 15 is 0 Å². The molecule has 0 spiro atoms. The van der Waals surface area contributed by atoms with Gasteiger partial charge >= 0.3 is 6.03 Å². The average Bonchev–Trinajstić information content (AvgIpc) is 3.12. The fourth-order valence-corrected chi connectivity index (χ4v) is 4.81. The van der Waals surface area contributed by atoms with Crippen molar-refractivity contribution in [1.82, 2.24) is 15.2 Å². The van der Waals surface area contributed by atoms with Crippen molar-refractivity contribution >= 4 is 11.6 Å². The van der Waals surface area contributed by atoms with Gasteiger partial charge in [-0.3, -0.25) is 4.98 Å². The maximum absolute atomic E-state index is 13.0. The van der Waals surface area contributed by atoms with E-state index in [2.05, 4.69) is 46.7 Å². The molecule has 2 unspecified atom stereocenters. The smallest absolute Gasteiger partial charge is 0.318 e. The number of amides is 2. The van der Waals surface area contributed by atoms with Crippen molar-refractivity contribution < 1.29 is 9.53 Å². The highest BCUT2D eigenvalue weighted by atomic mass is 16.5. The van der Waals surface area contributed by atoms with Gasteiger partial charge in [0.1, 0.15) is 5.75 Å². The van der Waals surface area contributed by atoms with Gasteiger partial charge in [0.15, 0.2) is 0 Å². The van der Waals surface area contributed by atoms with Crippen LogP contribution < -0.4 is 10.1 Å². The molecule has 5 rings (SSSR count). The highest BCUT2D eigenvalue weighted by Crippen LogP contribution is 2.39. The maximum atomic E-state index is 13.0. The van der Waals surface area contributed by atoms with E-state index in [0.717, 1.165) is 36.1 Å². The Morgan fingerprint density at radius 2 is 1.88 bits per heavy atom. The minimum atomic E-state index is 0.0210. The lowest BCUT2D eigenvalue weighted by Gasteiger charge is -2.34. The number of methoxy groups -OCH3 is 1. The van der Waals surface area contributed by atoms with Crippen molar-refractivity contribution in [2.45, 2.75) is 37.9 Å². The number of ether oxygens (including phenoxy) is 1. The Hall–Kier alpha value is -3.60. The first kappa shape index (κ1) is 20.3. The summed E-state index contributed by atoms with van der Waals surface area (Å²) in [6, 6.07) is 20.9. The van der Waals surface area contributed by atoms with Crippen LogP contribution in [0.2, 0.25) is 0 Å². The van der Waals surface area contributed by atoms with E-state index in [4.69, 9.17) is 4.74 Å². The van der Waals surface area contributed by atoms with Crippen LogP contribution in [0.15, 0.2) is 79.1 Å². The number of benzene rings is 2. The molecule has 1 aromatic heterocycles. The molecule has 32 heavy (non-hydrogen) atoms. The molecule has 2 aliphatic rings. The van der Waals surface area contributed by atoms with Crippen LogP contribution in [-0.4, -0.2) is 35.1 Å². The molecule has 1 fully saturated rings. The van der Waals surface area contributed by atoms with Crippen LogP contribution in [0, 0.1) is 0 Å². The quantitative estimate of drug-likeness (QED) is 0.605. The zero-order valence-electron chi connectivity index (χ0n) is 18.2. The minimum absolute atomic E-state index is 0.0210. The topological polar surface area (TPSA) is 54.5 Å². The number of pyridine rings is 1. The molecule has 2 atom stereocenters. The van der Waals surface area contributed by atoms with E-state index < -0.39 is 0 Å². The number of nitrogens with zero attached hydrogens (tertiary/aromatic N) is 2. The lowest BCUT2D eigenvalue weighted by molar-refractivity contribution is 0.179. The molecule has 5 nitrogen and oxygen atoms in total. The van der Waals surface area contributed by atoms with E-state index in [9.17, 15) is 4.79 Å². The van der Waals surface area contributed by atoms with Crippen molar-refractivity contribution in [3.05, 3.63) is 90.3 Å². The summed E-state index contributed by atoms with van der Waals surface area (Å²) in [5, 5.41) is 3.10. The molecule has 1 saturated heterocycles. The van der Waals surface area contributed by atoms with Gasteiger partial charge in [-0.1, -0.05) is 42.5 Å². The molecular formula is C27H27N3O2. The summed E-state index contributed by atoms with van der Waals surface area (Å²) in [6.45, 7) is 0.516. The first-order chi connectivity index (χ1) is 15.7. The number of carbonyl (C=O) groups excluding carboxylic acids is 1. The SMILES string of the molecule is COc1ccc(CNC(=O)N2C3C=C(c4cccc(-c5cccnc5)c4)CC2CC3)cc1. The van der Waals surface area contributed by atoms with E-state index in [1.807, 2.05) is 41.4 Å². The third-order valence-electron chi connectivity index (χ3n) is 6.46. The van der Waals surface area contributed by atoms with Gasteiger partial charge in [-0.2, -0.15) is 0 Å². The van der Waals surface area contributed by atoms with Gasteiger partial charge in [0.25, 0.3) is 0 Å². The Labute approximate surface area is 188 Å². The Kier molecular flexibility index (Phi) is 5.63. The molecule has 2 bridgehead atoms. The van der Waals surface area contributed by atoms with Crippen LogP contribution in [0.5, 0.6) is 5.75 Å². The summed E-state index contributed by atoms with van der Waals surface area (Å²) in [5.74, 6) is 0.819. The Bertz CT molecular complexity index is 1130. The highest BCUT2D eigenvalue weighted by Gasteiger charge is 2.39. The molecule has 2 amide bonds. The van der Waals surface area contributed by atoms with Crippen LogP contribution in [0.25, 0.3) is 16.7 Å². The minimum Gasteiger partial charge on any atom is -0.497 e. The van der Waals surface area contributed by atoms with Crippen molar-refractivity contribution in [2.75, 3.05) is 7.11 Å². The molecule has 0 aliphatic carbocycles. The number of rotatable bonds is 5. The predicted octanol–water partition coefficient (Wildman–Crippen LogP) is 5.29. The van der Waals surface area contributed by atoms with E-state index in [1.54, 1.807) is 13.3 Å². The Morgan fingerprint density at radius 1 is 1.06 bits per heavy atom. The molecule has 2 aromatic carbocycles. The van der Waals surface area contributed by atoms with E-state index in [0.29, 0.717) is 6.54 Å². The summed E-state index contributed by atoms with van der Waals surface area (Å²) in [7, 11) is 1.65. The predicted molar refractivity (Wildman–Crippen MR) is 126 cm³/mol. The lowest BCUT2D eigenvalue weighted by Crippen LogP contribution is -2.48. The number of nitrogens with one attached hydrogen (secondary N) is 1. The number of hydrogen-bond donors (Lipinski definition) is 1. The van der Waals surface area contributed by atoms with Crippen molar-refractivity contribution in [3.8, 4) is 16.9 Å². The Morgan fingerprint density at radius 3 is 2.62 bits per heavy atom. The molecule has 3 aromatic rings. The van der Waals surface area contributed by atoms with Gasteiger partial charge < -0.3 is 15.0 Å². The fourth-order valence-electron chi connectivity index (χ4n) is 4.81. The number of urea groups is 1. The highest BCUT2D eigenvalue weighted by molar-refractivity contribution is 5.79. The zero-order valence-corrected chi connectivity index (χ0v) is 18.2. The second-order valence-electron chi connectivity index (χ2n) is 8.43. The first-order valence-electron chi connectivity index (χ1n) is 11.1. The summed E-state index contributed by atoms with van der Waals surface area (Å²) < 4.78 is 5.20. The van der Waals surface area contributed by atoms with E-state index in [1.165, 1.54) is 16.7 Å². The van der Waals surface area contributed by atoms with Crippen LogP contribution in [-0.2, 0) is 6.54 Å². The normalized spacial score (nSPS) is 19.4. The number of aromatic nitrogens is 1. The standard InChI is InChI=1S/C27H27N3O2/c1-32-26-11-7-19(8-12-26)17-29-27(31)30-24-9-10-25(30)16-23(15-24)21-5-2-4-20(14-21)22-6-3-13-28-18-22/h2-8,11-15,18,24-25H,9-10,16-17H2,1H3,(H,29,31). The van der Waals surface area contributed by atoms with Crippen LogP contribution >= 0.6 is 0 Å². The lowest BCUT2D eigenvalue weighted by atomic mass is 9.93. The third kappa shape index (κ3) is 4.11. The van der Waals surface area contributed by atoms with Crippen LogP contribution in [0.1, 0.15) is 30.4 Å². The van der Waals surface area contributed by atoms with Gasteiger partial charge in [-0.15, -0.1) is 0 Å². The second-order valence-corrected chi connectivity index (χ2v) is 8.43. The zero-order chi connectivity index (χ0) is 21.9. The van der Waals surface area contributed by atoms with Crippen LogP contribution in [0.4, 0.5) is 4.79 Å². The van der Waals surface area contributed by atoms with Crippen molar-refractivity contribution in [2.24, 2.45) is 0 Å². The fraction of sp³-hybridized carbons (Fsp3) is 0.259. The molecule has 5 heteroatoms. The maximum Gasteiger partial charge on any atom is 0.318 e. The largest absolute Gasteiger partial charge is 0.497 e. The van der Waals surface area contributed by atoms with Gasteiger partial charge in [0.2, 0.25) is 0 Å². The molecule has 2 aliphatic heterocycles. The molecule has 162 valence electrons. The average molecular weight is 426 g/mol. The summed E-state index contributed by atoms with van der Waals surface area (Å²) in [4.78, 5) is 19.3. The number of carbonyl (C=O) groups is 1. The van der Waals surface area contributed by atoms with Gasteiger partial charge in [0, 0.05) is 30.5 Å². The summed E-state index contributed by atoms with van der Waals surface area (Å²) in [6.07, 6.45) is 8.94. The molecule has 0 radical (unpaired) electrons. The number of hydrogen-bond acceptors (Lipinski definition) is 3. The first-order valence-corrected chi connectivity index (χ1v) is 11.1. The Balaban J connectivity index is 1.29. The molecular weight excluding hydrogens is 398 g/mol. The van der Waals surface area contributed by atoms with Crippen molar-refractivity contribution in [1.29, 1.82) is 0 Å². The van der Waals surface area contributed by atoms with Gasteiger partial charge in [-0.25, -0.2) is 4.79 Å². The van der Waals surface area contributed by atoms with Gasteiger partial charge in [0.05, 0.1) is 13.2 Å². The summed E-state index contributed by atoms with van der Waals surface area (Å²) >= 11 is 0. The second kappa shape index (κ2) is 8.87. The molecule has 1 N–H and O–H groups in total. The monoisotopic (exact) mass is 425 g/mol. The number of fused-ring (bicyclic) bond motifs is 2.